The van der Waals surface area contributed by atoms with Crippen LogP contribution >= 0.6 is 0 Å². The van der Waals surface area contributed by atoms with E-state index in [1.165, 1.54) is 17.5 Å². The van der Waals surface area contributed by atoms with Gasteiger partial charge in [-0.15, -0.1) is 0 Å². The minimum Gasteiger partial charge on any atom is -0.448 e. The molecule has 23 heavy (non-hydrogen) atoms. The molecule has 1 amide bonds. The Morgan fingerprint density at radius 3 is 2.91 bits per heavy atom. The van der Waals surface area contributed by atoms with E-state index in [2.05, 4.69) is 15.2 Å². The van der Waals surface area contributed by atoms with E-state index in [0.29, 0.717) is 24.6 Å². The molecule has 0 saturated carbocycles. The Hall–Kier alpha value is -2.20. The second-order valence-electron chi connectivity index (χ2n) is 5.27. The minimum absolute atomic E-state index is 0.0580. The predicted molar refractivity (Wildman–Crippen MR) is 77.5 cm³/mol. The highest BCUT2D eigenvalue weighted by Gasteiger charge is 2.35. The van der Waals surface area contributed by atoms with Crippen molar-refractivity contribution in [3.05, 3.63) is 29.7 Å². The Labute approximate surface area is 132 Å². The molecule has 1 atom stereocenters. The van der Waals surface area contributed by atoms with Gasteiger partial charge in [-0.25, -0.2) is 13.4 Å². The summed E-state index contributed by atoms with van der Waals surface area (Å²) in [6.45, 7) is 2.50. The molecule has 0 radical (unpaired) electrons. The first kappa shape index (κ1) is 15.7. The van der Waals surface area contributed by atoms with E-state index < -0.39 is 15.9 Å². The summed E-state index contributed by atoms with van der Waals surface area (Å²) < 4.78 is 34.3. The smallest absolute Gasteiger partial charge is 0.276 e. The number of amides is 1. The van der Waals surface area contributed by atoms with Crippen LogP contribution in [0.4, 0.5) is 0 Å². The third-order valence-corrected chi connectivity index (χ3v) is 4.83. The van der Waals surface area contributed by atoms with Crippen LogP contribution in [-0.2, 0) is 14.6 Å². The minimum atomic E-state index is -3.47. The van der Waals surface area contributed by atoms with Crippen LogP contribution in [0, 0.1) is 6.92 Å². The van der Waals surface area contributed by atoms with E-state index in [4.69, 9.17) is 9.15 Å². The maximum Gasteiger partial charge on any atom is 0.276 e. The predicted octanol–water partition coefficient (Wildman–Crippen LogP) is 0.323. The molecule has 1 unspecified atom stereocenters. The van der Waals surface area contributed by atoms with Gasteiger partial charge in [0.25, 0.3) is 5.91 Å². The average Bonchev–Trinajstić information content (AvgIpc) is 3.14. The molecule has 0 aromatic carbocycles. The Balaban J connectivity index is 1.99. The summed E-state index contributed by atoms with van der Waals surface area (Å²) >= 11 is 0. The van der Waals surface area contributed by atoms with Crippen molar-refractivity contribution in [2.45, 2.75) is 17.9 Å². The number of nitrogens with zero attached hydrogens (tertiary/aromatic N) is 3. The lowest BCUT2D eigenvalue weighted by molar-refractivity contribution is -0.00504. The fraction of sp³-hybridized carbons (Fsp3) is 0.462. The topological polar surface area (TPSA) is 118 Å². The molecule has 1 aliphatic heterocycles. The second-order valence-corrected chi connectivity index (χ2v) is 7.25. The molecule has 2 aromatic heterocycles. The van der Waals surface area contributed by atoms with Crippen LogP contribution in [0.3, 0.4) is 0 Å². The molecule has 1 aliphatic rings. The number of ether oxygens (including phenoxy) is 1. The first-order valence-electron chi connectivity index (χ1n) is 6.91. The fourth-order valence-electron chi connectivity index (χ4n) is 2.55. The molecule has 0 spiro atoms. The van der Waals surface area contributed by atoms with Crippen molar-refractivity contribution in [2.75, 3.05) is 26.0 Å². The largest absolute Gasteiger partial charge is 0.448 e. The number of carbonyl (C=O) groups is 1. The number of aromatic amines is 1. The van der Waals surface area contributed by atoms with E-state index in [1.54, 1.807) is 6.92 Å². The van der Waals surface area contributed by atoms with Gasteiger partial charge in [-0.05, 0) is 6.92 Å². The number of H-pyrrole nitrogens is 1. The number of morpholine rings is 1. The third kappa shape index (κ3) is 2.86. The molecule has 3 heterocycles. The lowest BCUT2D eigenvalue weighted by Crippen LogP contribution is -2.44. The van der Waals surface area contributed by atoms with E-state index >= 15 is 0 Å². The molecule has 1 N–H and O–H groups in total. The summed E-state index contributed by atoms with van der Waals surface area (Å²) in [7, 11) is -3.47. The summed E-state index contributed by atoms with van der Waals surface area (Å²) in [5.74, 6) is 0.0757. The fourth-order valence-corrected chi connectivity index (χ4v) is 3.38. The Morgan fingerprint density at radius 2 is 2.26 bits per heavy atom. The van der Waals surface area contributed by atoms with Crippen molar-refractivity contribution >= 4 is 15.7 Å². The average molecular weight is 340 g/mol. The van der Waals surface area contributed by atoms with Crippen LogP contribution in [0.1, 0.15) is 28.0 Å². The first-order chi connectivity index (χ1) is 10.9. The number of carbonyl (C=O) groups excluding carboxylic acids is 1. The molecule has 0 bridgehead atoms. The lowest BCUT2D eigenvalue weighted by atomic mass is 10.1. The van der Waals surface area contributed by atoms with Crippen molar-refractivity contribution < 1.29 is 22.4 Å². The molecule has 0 aliphatic carbocycles. The van der Waals surface area contributed by atoms with E-state index in [0.717, 1.165) is 6.26 Å². The van der Waals surface area contributed by atoms with Crippen LogP contribution in [0.5, 0.6) is 0 Å². The number of rotatable bonds is 3. The Bertz CT molecular complexity index is 825. The SMILES string of the molecule is Cc1ocnc1C(=O)N1CCOCC1c1[nH]ncc1S(C)(=O)=O. The molecule has 3 rings (SSSR count). The Kier molecular flexibility index (Phi) is 3.94. The number of aryl methyl sites for hydroxylation is 1. The van der Waals surface area contributed by atoms with Gasteiger partial charge in [-0.2, -0.15) is 5.10 Å². The van der Waals surface area contributed by atoms with Gasteiger partial charge in [-0.3, -0.25) is 9.89 Å². The van der Waals surface area contributed by atoms with Crippen molar-refractivity contribution in [3.63, 3.8) is 0 Å². The Morgan fingerprint density at radius 1 is 1.48 bits per heavy atom. The van der Waals surface area contributed by atoms with Crippen molar-refractivity contribution in [1.82, 2.24) is 20.1 Å². The number of hydrogen-bond acceptors (Lipinski definition) is 7. The zero-order chi connectivity index (χ0) is 16.6. The van der Waals surface area contributed by atoms with Gasteiger partial charge >= 0.3 is 0 Å². The summed E-state index contributed by atoms with van der Waals surface area (Å²) in [6.07, 6.45) is 3.54. The zero-order valence-corrected chi connectivity index (χ0v) is 13.5. The van der Waals surface area contributed by atoms with Gasteiger partial charge in [0.2, 0.25) is 0 Å². The maximum atomic E-state index is 12.7. The lowest BCUT2D eigenvalue weighted by Gasteiger charge is -2.34. The van der Waals surface area contributed by atoms with Gasteiger partial charge in [-0.1, -0.05) is 0 Å². The van der Waals surface area contributed by atoms with E-state index in [-0.39, 0.29) is 23.1 Å². The summed E-state index contributed by atoms with van der Waals surface area (Å²) in [4.78, 5) is 18.2. The van der Waals surface area contributed by atoms with Gasteiger partial charge in [0, 0.05) is 12.8 Å². The molecular formula is C13H16N4O5S. The zero-order valence-electron chi connectivity index (χ0n) is 12.6. The van der Waals surface area contributed by atoms with Crippen molar-refractivity contribution in [2.24, 2.45) is 0 Å². The quantitative estimate of drug-likeness (QED) is 0.855. The van der Waals surface area contributed by atoms with Gasteiger partial charge < -0.3 is 14.1 Å². The highest BCUT2D eigenvalue weighted by molar-refractivity contribution is 7.90. The number of sulfone groups is 1. The molecule has 9 nitrogen and oxygen atoms in total. The molecular weight excluding hydrogens is 324 g/mol. The van der Waals surface area contributed by atoms with Crippen LogP contribution in [0.15, 0.2) is 21.9 Å². The molecule has 2 aromatic rings. The first-order valence-corrected chi connectivity index (χ1v) is 8.81. The van der Waals surface area contributed by atoms with E-state index in [1.807, 2.05) is 0 Å². The molecule has 124 valence electrons. The third-order valence-electron chi connectivity index (χ3n) is 3.70. The number of hydrogen-bond donors (Lipinski definition) is 1. The normalized spacial score (nSPS) is 19.0. The summed E-state index contributed by atoms with van der Waals surface area (Å²) in [5.41, 5.74) is 0.541. The summed E-state index contributed by atoms with van der Waals surface area (Å²) in [5, 5.41) is 6.49. The number of oxazole rings is 1. The van der Waals surface area contributed by atoms with Crippen molar-refractivity contribution in [1.29, 1.82) is 0 Å². The number of nitrogens with one attached hydrogen (secondary N) is 1. The molecule has 10 heteroatoms. The molecule has 1 saturated heterocycles. The second kappa shape index (κ2) is 5.78. The van der Waals surface area contributed by atoms with Crippen LogP contribution in [-0.4, -0.2) is 60.4 Å². The molecule has 1 fully saturated rings. The van der Waals surface area contributed by atoms with Crippen LogP contribution < -0.4 is 0 Å². The van der Waals surface area contributed by atoms with Gasteiger partial charge in [0.15, 0.2) is 21.9 Å². The standard InChI is InChI=1S/C13H16N4O5S/c1-8-11(14-7-22-8)13(18)17-3-4-21-6-9(17)12-10(5-15-16-12)23(2,19)20/h5,7,9H,3-4,6H2,1-2H3,(H,15,16). The summed E-state index contributed by atoms with van der Waals surface area (Å²) in [6, 6.07) is -0.584. The van der Waals surface area contributed by atoms with E-state index in [9.17, 15) is 13.2 Å². The van der Waals surface area contributed by atoms with Crippen LogP contribution in [0.2, 0.25) is 0 Å². The van der Waals surface area contributed by atoms with Crippen LogP contribution in [0.25, 0.3) is 0 Å². The monoisotopic (exact) mass is 340 g/mol. The highest BCUT2D eigenvalue weighted by Crippen LogP contribution is 2.29. The number of aromatic nitrogens is 3. The highest BCUT2D eigenvalue weighted by atomic mass is 32.2. The van der Waals surface area contributed by atoms with Crippen molar-refractivity contribution in [3.8, 4) is 0 Å². The van der Waals surface area contributed by atoms with Gasteiger partial charge in [0.05, 0.1) is 31.1 Å². The maximum absolute atomic E-state index is 12.7. The van der Waals surface area contributed by atoms with Gasteiger partial charge in [0.1, 0.15) is 10.7 Å².